The minimum atomic E-state index is 0.545. The van der Waals surface area contributed by atoms with Crippen LogP contribution in [0.25, 0.3) is 194 Å². The first kappa shape index (κ1) is 86.5. The molecular formula is C133H88N6OS3. The normalized spacial score (nSPS) is 11.4. The number of furan rings is 1. The predicted octanol–water partition coefficient (Wildman–Crippen LogP) is 38.8. The van der Waals surface area contributed by atoms with Crippen LogP contribution in [0.2, 0.25) is 0 Å². The van der Waals surface area contributed by atoms with Gasteiger partial charge in [-0.3, -0.25) is 4.90 Å². The first-order valence-electron chi connectivity index (χ1n) is 48.1. The fourth-order valence-corrected chi connectivity index (χ4v) is 22.9. The molecule has 0 radical (unpaired) electrons. The summed E-state index contributed by atoms with van der Waals surface area (Å²) in [6.45, 7) is 0. The second-order valence-corrected chi connectivity index (χ2v) is 39.0. The van der Waals surface area contributed by atoms with Crippen LogP contribution < -0.4 is 14.7 Å². The Bertz CT molecular complexity index is 9130. The van der Waals surface area contributed by atoms with E-state index in [4.69, 9.17) is 19.4 Å². The molecule has 143 heavy (non-hydrogen) atoms. The number of fused-ring (bicyclic) bond motifs is 13. The molecule has 0 aliphatic rings. The Balaban J connectivity index is 0.000000113. The lowest BCUT2D eigenvalue weighted by atomic mass is 10.00. The third-order valence-electron chi connectivity index (χ3n) is 26.9. The van der Waals surface area contributed by atoms with Crippen molar-refractivity contribution in [2.24, 2.45) is 0 Å². The lowest BCUT2D eigenvalue weighted by Crippen LogP contribution is -2.15. The summed E-state index contributed by atoms with van der Waals surface area (Å²) in [6.07, 6.45) is 0. The van der Waals surface area contributed by atoms with E-state index in [1.54, 1.807) is 0 Å². The van der Waals surface area contributed by atoms with E-state index in [1.165, 1.54) is 138 Å². The third kappa shape index (κ3) is 17.6. The SMILES string of the molecule is c1ccc(-c2ccc(N(c3ccc(-c4ccc5sc6ccccc6c5c4)cc3)c3nc(-c4ccccc4)nc(-c4ccccc4)n3)cc2)cc1.c1ccc(-c2ccc(N(c3ccc(-c4ccccc4)cc3)c3ccc(-c4ccc5sc6ccc(-c7ccccc7)cc6c5c4)cc3)cc2)cc1.c1ccc(-c2ccc(N(c3ccc4oc5cc6ccccc6cc5c4c3)c3ccc4sc5ccccc5c4c3)cc2)cc1. The average molecular weight is 1880 g/mol. The van der Waals surface area contributed by atoms with Crippen LogP contribution in [0.1, 0.15) is 0 Å². The van der Waals surface area contributed by atoms with Gasteiger partial charge in [0.1, 0.15) is 11.2 Å². The van der Waals surface area contributed by atoms with E-state index < -0.39 is 0 Å². The lowest BCUT2D eigenvalue weighted by molar-refractivity contribution is 0.669. The summed E-state index contributed by atoms with van der Waals surface area (Å²) in [6, 6.07) is 190. The van der Waals surface area contributed by atoms with Crippen LogP contribution in [0.3, 0.4) is 0 Å². The zero-order valence-corrected chi connectivity index (χ0v) is 80.1. The molecule has 0 fully saturated rings. The topological polar surface area (TPSA) is 61.5 Å². The Morgan fingerprint density at radius 1 is 0.147 bits per heavy atom. The molecule has 0 saturated heterocycles. The summed E-state index contributed by atoms with van der Waals surface area (Å²) in [4.78, 5) is 22.0. The first-order valence-corrected chi connectivity index (χ1v) is 50.6. The van der Waals surface area contributed by atoms with Gasteiger partial charge in [-0.1, -0.05) is 364 Å². The van der Waals surface area contributed by atoms with E-state index in [1.807, 2.05) is 101 Å². The second kappa shape index (κ2) is 38.4. The molecule has 0 aliphatic carbocycles. The molecule has 0 bridgehead atoms. The summed E-state index contributed by atoms with van der Waals surface area (Å²) in [5.74, 6) is 1.78. The highest BCUT2D eigenvalue weighted by Gasteiger charge is 2.24. The summed E-state index contributed by atoms with van der Waals surface area (Å²) in [5.41, 5.74) is 29.1. The Kier molecular flexibility index (Phi) is 23.2. The molecule has 27 rings (SSSR count). The average Bonchev–Trinajstić information content (AvgIpc) is 1.04. The Morgan fingerprint density at radius 3 is 0.755 bits per heavy atom. The van der Waals surface area contributed by atoms with Crippen molar-refractivity contribution < 1.29 is 4.42 Å². The molecular weight excluding hydrogens is 1790 g/mol. The molecule has 27 aromatic rings. The molecule has 0 unspecified atom stereocenters. The van der Waals surface area contributed by atoms with Gasteiger partial charge in [0, 0.05) is 128 Å². The quantitative estimate of drug-likeness (QED) is 0.0848. The van der Waals surface area contributed by atoms with E-state index in [-0.39, 0.29) is 0 Å². The van der Waals surface area contributed by atoms with Crippen molar-refractivity contribution >= 4 is 179 Å². The minimum Gasteiger partial charge on any atom is -0.456 e. The summed E-state index contributed by atoms with van der Waals surface area (Å²) < 4.78 is 14.2. The van der Waals surface area contributed by atoms with Crippen molar-refractivity contribution in [1.29, 1.82) is 0 Å². The van der Waals surface area contributed by atoms with Gasteiger partial charge in [-0.25, -0.2) is 4.98 Å². The summed E-state index contributed by atoms with van der Waals surface area (Å²) in [7, 11) is 0. The van der Waals surface area contributed by atoms with E-state index in [0.717, 1.165) is 89.7 Å². The van der Waals surface area contributed by atoms with Crippen LogP contribution in [0.15, 0.2) is 538 Å². The molecule has 674 valence electrons. The minimum absolute atomic E-state index is 0.545. The highest BCUT2D eigenvalue weighted by Crippen LogP contribution is 2.48. The first-order chi connectivity index (χ1) is 70.8. The molecule has 5 aromatic heterocycles. The van der Waals surface area contributed by atoms with Gasteiger partial charge in [-0.05, 0) is 259 Å². The number of anilines is 9. The fraction of sp³-hybridized carbons (Fsp3) is 0. The van der Waals surface area contributed by atoms with E-state index >= 15 is 0 Å². The molecule has 22 aromatic carbocycles. The van der Waals surface area contributed by atoms with Crippen LogP contribution in [0.5, 0.6) is 0 Å². The monoisotopic (exact) mass is 1880 g/mol. The third-order valence-corrected chi connectivity index (χ3v) is 30.3. The van der Waals surface area contributed by atoms with Crippen molar-refractivity contribution in [3.05, 3.63) is 534 Å². The van der Waals surface area contributed by atoms with Gasteiger partial charge < -0.3 is 14.2 Å². The van der Waals surface area contributed by atoms with Gasteiger partial charge in [0.15, 0.2) is 11.6 Å². The van der Waals surface area contributed by atoms with Gasteiger partial charge in [-0.2, -0.15) is 9.97 Å². The highest BCUT2D eigenvalue weighted by molar-refractivity contribution is 7.26. The van der Waals surface area contributed by atoms with Gasteiger partial charge in [0.25, 0.3) is 0 Å². The van der Waals surface area contributed by atoms with Gasteiger partial charge in [0.05, 0.1) is 0 Å². The van der Waals surface area contributed by atoms with Crippen LogP contribution in [-0.4, -0.2) is 15.0 Å². The lowest BCUT2D eigenvalue weighted by Gasteiger charge is -2.26. The van der Waals surface area contributed by atoms with E-state index in [0.29, 0.717) is 17.6 Å². The number of hydrogen-bond acceptors (Lipinski definition) is 10. The van der Waals surface area contributed by atoms with Crippen molar-refractivity contribution in [2.45, 2.75) is 0 Å². The molecule has 0 spiro atoms. The summed E-state index contributed by atoms with van der Waals surface area (Å²) >= 11 is 5.55. The molecule has 10 heteroatoms. The van der Waals surface area contributed by atoms with Crippen molar-refractivity contribution in [1.82, 2.24) is 15.0 Å². The number of nitrogens with zero attached hydrogens (tertiary/aromatic N) is 6. The van der Waals surface area contributed by atoms with Crippen LogP contribution in [-0.2, 0) is 0 Å². The van der Waals surface area contributed by atoms with Gasteiger partial charge in [-0.15, -0.1) is 34.0 Å². The Morgan fingerprint density at radius 2 is 0.385 bits per heavy atom. The van der Waals surface area contributed by atoms with Gasteiger partial charge in [0.2, 0.25) is 5.95 Å². The largest absolute Gasteiger partial charge is 0.456 e. The molecule has 0 N–H and O–H groups in total. The number of benzene rings is 22. The number of thiophene rings is 3. The standard InChI is InChI=1S/C48H33NS.C45H30N4S.C40H25NOS/c1-4-10-34(11-5-1)37-16-24-42(25-17-37)49(43-26-18-38(19-27-43)35-12-6-2-7-13-35)44-28-20-39(21-29-44)41-23-31-48-46(33-41)45-32-40(22-30-47(45)50-48)36-14-8-3-9-15-36;1-4-12-31(13-5-1)32-20-25-37(26-21-32)49(45-47-43(34-14-6-2-7-15-34)46-44(48-45)35-16-8-3-9-17-35)38-27-22-33(23-28-38)36-24-29-42-40(30-36)39-18-10-11-19-41(39)50-42;1-2-8-26(9-3-1)27-14-16-30(17-15-27)41(32-19-21-40-36(25-32)33-12-6-7-13-39(33)43-40)31-18-20-37-35(24-31)34-22-28-10-4-5-11-29(28)23-38(34)42-37/h1-33H;1-30H;1-25H. The van der Waals surface area contributed by atoms with E-state index in [2.05, 4.69) is 482 Å². The van der Waals surface area contributed by atoms with Crippen molar-refractivity contribution in [3.63, 3.8) is 0 Å². The zero-order chi connectivity index (χ0) is 94.9. The second-order valence-electron chi connectivity index (χ2n) is 35.7. The van der Waals surface area contributed by atoms with E-state index in [9.17, 15) is 0 Å². The smallest absolute Gasteiger partial charge is 0.238 e. The zero-order valence-electron chi connectivity index (χ0n) is 77.6. The highest BCUT2D eigenvalue weighted by atomic mass is 32.1. The Labute approximate surface area is 840 Å². The maximum atomic E-state index is 6.35. The summed E-state index contributed by atoms with van der Waals surface area (Å²) in [5, 5.41) is 12.4. The van der Waals surface area contributed by atoms with Crippen LogP contribution >= 0.6 is 34.0 Å². The van der Waals surface area contributed by atoms with Crippen LogP contribution in [0.4, 0.5) is 51.4 Å². The van der Waals surface area contributed by atoms with Gasteiger partial charge >= 0.3 is 0 Å². The maximum absolute atomic E-state index is 6.35. The molecule has 0 atom stereocenters. The molecule has 0 amide bonds. The fourth-order valence-electron chi connectivity index (χ4n) is 19.6. The maximum Gasteiger partial charge on any atom is 0.238 e. The number of aromatic nitrogens is 3. The predicted molar refractivity (Wildman–Crippen MR) is 609 cm³/mol. The number of hydrogen-bond donors (Lipinski definition) is 0. The van der Waals surface area contributed by atoms with Crippen molar-refractivity contribution in [2.75, 3.05) is 14.7 Å². The molecule has 0 saturated carbocycles. The van der Waals surface area contributed by atoms with Crippen molar-refractivity contribution in [3.8, 4) is 101 Å². The number of rotatable bonds is 18. The molecule has 0 aliphatic heterocycles. The Hall–Kier alpha value is -18.0. The van der Waals surface area contributed by atoms with Crippen LogP contribution in [0, 0.1) is 0 Å². The molecule has 7 nitrogen and oxygen atoms in total. The molecule has 5 heterocycles.